The molecule has 0 rings (SSSR count). The summed E-state index contributed by atoms with van der Waals surface area (Å²) in [5.74, 6) is 0. The topological polar surface area (TPSA) is 27.7 Å². The molecule has 3 nitrogen and oxygen atoms in total. The lowest BCUT2D eigenvalue weighted by atomic mass is 10.9. The van der Waals surface area contributed by atoms with Gasteiger partial charge in [-0.3, -0.25) is 0 Å². The van der Waals surface area contributed by atoms with Crippen molar-refractivity contribution in [3.8, 4) is 0 Å². The highest BCUT2D eigenvalue weighted by Gasteiger charge is 2.48. The van der Waals surface area contributed by atoms with Crippen LogP contribution in [0.15, 0.2) is 12.3 Å². The molecular formula is C11H26O3Si2. The van der Waals surface area contributed by atoms with Crippen LogP contribution >= 0.6 is 0 Å². The molecule has 0 radical (unpaired) electrons. The molecule has 0 aliphatic carbocycles. The Balaban J connectivity index is 4.88. The van der Waals surface area contributed by atoms with Crippen LogP contribution in [0.25, 0.3) is 0 Å². The summed E-state index contributed by atoms with van der Waals surface area (Å²) < 4.78 is 17.6. The average molecular weight is 262 g/mol. The van der Waals surface area contributed by atoms with Crippen molar-refractivity contribution in [3.05, 3.63) is 12.3 Å². The van der Waals surface area contributed by atoms with Gasteiger partial charge in [0.15, 0.2) is 0 Å². The zero-order valence-electron chi connectivity index (χ0n) is 11.3. The van der Waals surface area contributed by atoms with Gasteiger partial charge in [0.2, 0.25) is 0 Å². The molecule has 0 saturated carbocycles. The lowest BCUT2D eigenvalue weighted by Gasteiger charge is -2.35. The normalized spacial score (nSPS) is 15.8. The van der Waals surface area contributed by atoms with Crippen molar-refractivity contribution in [2.75, 3.05) is 19.8 Å². The Labute approximate surface area is 103 Å². The Bertz CT molecular complexity index is 183. The minimum absolute atomic E-state index is 0.379. The molecule has 2 atom stereocenters. The third-order valence-electron chi connectivity index (χ3n) is 2.75. The van der Waals surface area contributed by atoms with Crippen molar-refractivity contribution in [3.63, 3.8) is 0 Å². The summed E-state index contributed by atoms with van der Waals surface area (Å²) in [6.07, 6.45) is 0. The molecular weight excluding hydrogens is 236 g/mol. The Morgan fingerprint density at radius 3 is 1.75 bits per heavy atom. The SMILES string of the molecule is C=C[SiH](C)C(C)[Si](OCC)(OCC)OCC. The molecule has 0 spiro atoms. The van der Waals surface area contributed by atoms with Crippen molar-refractivity contribution in [2.24, 2.45) is 0 Å². The smallest absolute Gasteiger partial charge is 0.374 e. The zero-order valence-corrected chi connectivity index (χ0v) is 13.4. The molecule has 0 bridgehead atoms. The highest BCUT2D eigenvalue weighted by atomic mass is 28.4. The van der Waals surface area contributed by atoms with Crippen LogP contribution in [0, 0.1) is 0 Å². The van der Waals surface area contributed by atoms with E-state index in [0.717, 1.165) is 0 Å². The second kappa shape index (κ2) is 8.19. The summed E-state index contributed by atoms with van der Waals surface area (Å²) in [7, 11) is -3.54. The first-order valence-electron chi connectivity index (χ1n) is 6.12. The van der Waals surface area contributed by atoms with E-state index in [9.17, 15) is 0 Å². The van der Waals surface area contributed by atoms with Gasteiger partial charge in [0, 0.05) is 25.0 Å². The molecule has 0 aromatic carbocycles. The fraction of sp³-hybridized carbons (Fsp3) is 0.818. The van der Waals surface area contributed by atoms with Crippen LogP contribution in [0.1, 0.15) is 27.7 Å². The monoisotopic (exact) mass is 262 g/mol. The van der Waals surface area contributed by atoms with Crippen molar-refractivity contribution in [1.29, 1.82) is 0 Å². The predicted octanol–water partition coefficient (Wildman–Crippen LogP) is 2.55. The van der Waals surface area contributed by atoms with Gasteiger partial charge >= 0.3 is 8.80 Å². The zero-order chi connectivity index (χ0) is 12.6. The molecule has 0 aromatic rings. The van der Waals surface area contributed by atoms with Gasteiger partial charge in [-0.1, -0.05) is 13.5 Å². The number of rotatable bonds is 9. The molecule has 0 saturated heterocycles. The van der Waals surface area contributed by atoms with Crippen LogP contribution in [0.4, 0.5) is 0 Å². The maximum Gasteiger partial charge on any atom is 0.501 e. The first-order valence-corrected chi connectivity index (χ1v) is 10.4. The van der Waals surface area contributed by atoms with E-state index < -0.39 is 17.6 Å². The van der Waals surface area contributed by atoms with E-state index in [1.165, 1.54) is 0 Å². The number of hydrogen-bond acceptors (Lipinski definition) is 3. The third kappa shape index (κ3) is 4.14. The van der Waals surface area contributed by atoms with Crippen molar-refractivity contribution >= 4 is 17.6 Å². The van der Waals surface area contributed by atoms with Gasteiger partial charge in [0.05, 0.1) is 8.80 Å². The minimum Gasteiger partial charge on any atom is -0.374 e. The lowest BCUT2D eigenvalue weighted by Crippen LogP contribution is -2.53. The fourth-order valence-electron chi connectivity index (χ4n) is 1.65. The molecule has 0 aliphatic rings. The van der Waals surface area contributed by atoms with E-state index in [1.807, 2.05) is 20.8 Å². The standard InChI is InChI=1S/C11H26O3Si2/c1-7-12-16(13-8-2,14-9-3)11(5)15(6)10-4/h10-11,15H,4,7-9H2,1-3,5-6H3. The van der Waals surface area contributed by atoms with Crippen molar-refractivity contribution in [1.82, 2.24) is 0 Å². The lowest BCUT2D eigenvalue weighted by molar-refractivity contribution is 0.0689. The van der Waals surface area contributed by atoms with Gasteiger partial charge in [0.25, 0.3) is 0 Å². The van der Waals surface area contributed by atoms with Crippen molar-refractivity contribution in [2.45, 2.75) is 39.4 Å². The highest BCUT2D eigenvalue weighted by Crippen LogP contribution is 2.28. The van der Waals surface area contributed by atoms with E-state index in [-0.39, 0.29) is 0 Å². The molecule has 96 valence electrons. The largest absolute Gasteiger partial charge is 0.501 e. The van der Waals surface area contributed by atoms with Crippen LogP contribution in [0.2, 0.25) is 11.7 Å². The first kappa shape index (κ1) is 16.1. The second-order valence-electron chi connectivity index (χ2n) is 3.79. The van der Waals surface area contributed by atoms with Crippen molar-refractivity contribution < 1.29 is 13.3 Å². The molecule has 0 heterocycles. The van der Waals surface area contributed by atoms with Gasteiger partial charge in [0.1, 0.15) is 0 Å². The Kier molecular flexibility index (Phi) is 8.22. The molecule has 0 aliphatic heterocycles. The van der Waals surface area contributed by atoms with Gasteiger partial charge in [-0.2, -0.15) is 0 Å². The van der Waals surface area contributed by atoms with E-state index >= 15 is 0 Å². The second-order valence-corrected chi connectivity index (χ2v) is 10.6. The third-order valence-corrected chi connectivity index (χ3v) is 11.1. The fourth-order valence-corrected chi connectivity index (χ4v) is 8.15. The van der Waals surface area contributed by atoms with Crippen LogP contribution in [-0.4, -0.2) is 37.4 Å². The van der Waals surface area contributed by atoms with E-state index in [0.29, 0.717) is 25.0 Å². The quantitative estimate of drug-likeness (QED) is 0.598. The van der Waals surface area contributed by atoms with Crippen LogP contribution < -0.4 is 0 Å². The molecule has 0 N–H and O–H groups in total. The van der Waals surface area contributed by atoms with Gasteiger partial charge in [-0.25, -0.2) is 0 Å². The summed E-state index contributed by atoms with van der Waals surface area (Å²) in [6.45, 7) is 16.3. The van der Waals surface area contributed by atoms with E-state index in [1.54, 1.807) is 0 Å². The highest BCUT2D eigenvalue weighted by molar-refractivity contribution is 6.82. The molecule has 16 heavy (non-hydrogen) atoms. The maximum atomic E-state index is 5.88. The molecule has 2 unspecified atom stereocenters. The maximum absolute atomic E-state index is 5.88. The predicted molar refractivity (Wildman–Crippen MR) is 73.3 cm³/mol. The van der Waals surface area contributed by atoms with Gasteiger partial charge in [-0.15, -0.1) is 12.3 Å². The first-order chi connectivity index (χ1) is 7.57. The summed E-state index contributed by atoms with van der Waals surface area (Å²) >= 11 is 0. The molecule has 0 fully saturated rings. The number of hydrogen-bond donors (Lipinski definition) is 0. The molecule has 5 heteroatoms. The Hall–Kier alpha value is 0.0538. The van der Waals surface area contributed by atoms with Crippen LogP contribution in [0.3, 0.4) is 0 Å². The summed E-state index contributed by atoms with van der Waals surface area (Å²) in [6, 6.07) is 0. The average Bonchev–Trinajstić information content (AvgIpc) is 2.28. The molecule has 0 aromatic heterocycles. The van der Waals surface area contributed by atoms with Gasteiger partial charge < -0.3 is 13.3 Å². The summed E-state index contributed by atoms with van der Waals surface area (Å²) in [5.41, 5.74) is 2.07. The summed E-state index contributed by atoms with van der Waals surface area (Å²) in [4.78, 5) is 0. The van der Waals surface area contributed by atoms with Gasteiger partial charge in [-0.05, 0) is 20.8 Å². The van der Waals surface area contributed by atoms with E-state index in [4.69, 9.17) is 13.3 Å². The Morgan fingerprint density at radius 2 is 1.50 bits per heavy atom. The van der Waals surface area contributed by atoms with Crippen LogP contribution in [-0.2, 0) is 13.3 Å². The summed E-state index contributed by atoms with van der Waals surface area (Å²) in [5, 5.41) is 0.379. The Morgan fingerprint density at radius 1 is 1.12 bits per heavy atom. The minimum atomic E-state index is -2.49. The molecule has 0 amide bonds. The van der Waals surface area contributed by atoms with Crippen LogP contribution in [0.5, 0.6) is 0 Å². The van der Waals surface area contributed by atoms with E-state index in [2.05, 4.69) is 25.7 Å².